The largest absolute Gasteiger partial charge is 0.399 e. The number of methoxy groups -OCH3 is 1. The average molecular weight is 287 g/mol. The summed E-state index contributed by atoms with van der Waals surface area (Å²) in [6.07, 6.45) is 0. The highest BCUT2D eigenvalue weighted by atomic mass is 32.2. The topological polar surface area (TPSA) is 84.7 Å². The number of nitrogens with zero attached hydrogens (tertiary/aromatic N) is 1. The van der Waals surface area contributed by atoms with Crippen LogP contribution in [0.3, 0.4) is 0 Å². The Labute approximate surface area is 114 Å². The number of hydrogen-bond donors (Lipinski definition) is 2. The number of ether oxygens (including phenoxy) is 1. The SMILES string of the molecule is CCN(Cc1ccc(N)cc1)S(=O)(=O)NCCOC. The van der Waals surface area contributed by atoms with Gasteiger partial charge in [-0.3, -0.25) is 0 Å². The van der Waals surface area contributed by atoms with Crippen LogP contribution in [0.25, 0.3) is 0 Å². The molecule has 0 spiro atoms. The van der Waals surface area contributed by atoms with Crippen LogP contribution < -0.4 is 10.5 Å². The Kier molecular flexibility index (Phi) is 6.23. The number of nitrogen functional groups attached to an aromatic ring is 1. The van der Waals surface area contributed by atoms with E-state index in [2.05, 4.69) is 4.72 Å². The minimum Gasteiger partial charge on any atom is -0.399 e. The standard InChI is InChI=1S/C12H21N3O3S/c1-3-15(19(16,17)14-8-9-18-2)10-11-4-6-12(13)7-5-11/h4-7,14H,3,8-10,13H2,1-2H3. The van der Waals surface area contributed by atoms with Crippen LogP contribution in [-0.2, 0) is 21.5 Å². The lowest BCUT2D eigenvalue weighted by atomic mass is 10.2. The first-order valence-electron chi connectivity index (χ1n) is 6.07. The van der Waals surface area contributed by atoms with Crippen molar-refractivity contribution >= 4 is 15.9 Å². The van der Waals surface area contributed by atoms with E-state index in [-0.39, 0.29) is 6.54 Å². The molecule has 108 valence electrons. The molecule has 0 amide bonds. The molecule has 3 N–H and O–H groups in total. The first kappa shape index (κ1) is 15.9. The average Bonchev–Trinajstić information content (AvgIpc) is 2.38. The number of anilines is 1. The van der Waals surface area contributed by atoms with Gasteiger partial charge in [0.2, 0.25) is 0 Å². The van der Waals surface area contributed by atoms with E-state index in [1.165, 1.54) is 11.4 Å². The predicted molar refractivity (Wildman–Crippen MR) is 75.7 cm³/mol. The monoisotopic (exact) mass is 287 g/mol. The minimum atomic E-state index is -3.48. The fourth-order valence-corrected chi connectivity index (χ4v) is 2.74. The highest BCUT2D eigenvalue weighted by molar-refractivity contribution is 7.87. The van der Waals surface area contributed by atoms with Gasteiger partial charge in [0, 0.05) is 32.4 Å². The van der Waals surface area contributed by atoms with Gasteiger partial charge in [0.25, 0.3) is 10.2 Å². The Morgan fingerprint density at radius 3 is 2.47 bits per heavy atom. The van der Waals surface area contributed by atoms with E-state index in [0.717, 1.165) is 5.56 Å². The summed E-state index contributed by atoms with van der Waals surface area (Å²) < 4.78 is 32.8. The highest BCUT2D eigenvalue weighted by Crippen LogP contribution is 2.10. The zero-order valence-corrected chi connectivity index (χ0v) is 12.1. The van der Waals surface area contributed by atoms with Crippen LogP contribution in [-0.4, -0.2) is 39.5 Å². The molecule has 0 radical (unpaired) electrons. The fraction of sp³-hybridized carbons (Fsp3) is 0.500. The summed E-state index contributed by atoms with van der Waals surface area (Å²) in [4.78, 5) is 0. The van der Waals surface area contributed by atoms with Crippen molar-refractivity contribution in [1.82, 2.24) is 9.03 Å². The van der Waals surface area contributed by atoms with Gasteiger partial charge in [-0.15, -0.1) is 0 Å². The maximum atomic E-state index is 12.0. The van der Waals surface area contributed by atoms with Crippen LogP contribution in [0.15, 0.2) is 24.3 Å². The molecule has 1 rings (SSSR count). The first-order valence-corrected chi connectivity index (χ1v) is 7.51. The van der Waals surface area contributed by atoms with Crippen molar-refractivity contribution < 1.29 is 13.2 Å². The number of hydrogen-bond acceptors (Lipinski definition) is 4. The van der Waals surface area contributed by atoms with Crippen molar-refractivity contribution in [3.05, 3.63) is 29.8 Å². The van der Waals surface area contributed by atoms with E-state index >= 15 is 0 Å². The van der Waals surface area contributed by atoms with Gasteiger partial charge in [0.15, 0.2) is 0 Å². The van der Waals surface area contributed by atoms with Crippen molar-refractivity contribution in [3.63, 3.8) is 0 Å². The lowest BCUT2D eigenvalue weighted by Crippen LogP contribution is -2.41. The molecule has 0 aliphatic carbocycles. The number of rotatable bonds is 8. The molecule has 0 fully saturated rings. The molecule has 1 aromatic rings. The van der Waals surface area contributed by atoms with Crippen LogP contribution in [0, 0.1) is 0 Å². The van der Waals surface area contributed by atoms with Gasteiger partial charge >= 0.3 is 0 Å². The molecule has 0 heterocycles. The van der Waals surface area contributed by atoms with Crippen LogP contribution in [0.2, 0.25) is 0 Å². The molecule has 0 saturated carbocycles. The smallest absolute Gasteiger partial charge is 0.279 e. The Bertz CT molecular complexity index is 473. The number of nitrogens with two attached hydrogens (primary N) is 1. The summed E-state index contributed by atoms with van der Waals surface area (Å²) in [7, 11) is -1.95. The van der Waals surface area contributed by atoms with E-state index in [1.807, 2.05) is 12.1 Å². The second kappa shape index (κ2) is 7.44. The van der Waals surface area contributed by atoms with Gasteiger partial charge in [-0.05, 0) is 17.7 Å². The molecule has 0 unspecified atom stereocenters. The second-order valence-corrected chi connectivity index (χ2v) is 5.82. The third kappa shape index (κ3) is 5.15. The molecule has 7 heteroatoms. The second-order valence-electron chi connectivity index (χ2n) is 4.06. The van der Waals surface area contributed by atoms with Gasteiger partial charge in [-0.2, -0.15) is 17.4 Å². The predicted octanol–water partition coefficient (Wildman–Crippen LogP) is 0.572. The van der Waals surface area contributed by atoms with E-state index in [1.54, 1.807) is 19.1 Å². The summed E-state index contributed by atoms with van der Waals surface area (Å²) >= 11 is 0. The molecule has 0 aromatic heterocycles. The maximum Gasteiger partial charge on any atom is 0.279 e. The Hall–Kier alpha value is -1.15. The molecule has 0 atom stereocenters. The Morgan fingerprint density at radius 2 is 1.95 bits per heavy atom. The molecular weight excluding hydrogens is 266 g/mol. The van der Waals surface area contributed by atoms with E-state index in [9.17, 15) is 8.42 Å². The van der Waals surface area contributed by atoms with Gasteiger partial charge in [-0.25, -0.2) is 0 Å². The molecule has 19 heavy (non-hydrogen) atoms. The van der Waals surface area contributed by atoms with Crippen LogP contribution in [0.4, 0.5) is 5.69 Å². The summed E-state index contributed by atoms with van der Waals surface area (Å²) in [5.41, 5.74) is 7.16. The van der Waals surface area contributed by atoms with Crippen molar-refractivity contribution in [2.45, 2.75) is 13.5 Å². The lowest BCUT2D eigenvalue weighted by molar-refractivity contribution is 0.203. The zero-order valence-electron chi connectivity index (χ0n) is 11.3. The maximum absolute atomic E-state index is 12.0. The minimum absolute atomic E-state index is 0.261. The quantitative estimate of drug-likeness (QED) is 0.541. The Balaban J connectivity index is 2.69. The molecule has 0 aliphatic rings. The molecule has 0 saturated heterocycles. The molecule has 0 bridgehead atoms. The summed E-state index contributed by atoms with van der Waals surface area (Å²) in [5, 5.41) is 0. The molecule has 0 aliphatic heterocycles. The highest BCUT2D eigenvalue weighted by Gasteiger charge is 2.19. The molecule has 6 nitrogen and oxygen atoms in total. The third-order valence-corrected chi connectivity index (χ3v) is 4.26. The van der Waals surface area contributed by atoms with E-state index < -0.39 is 10.2 Å². The van der Waals surface area contributed by atoms with Crippen LogP contribution in [0.1, 0.15) is 12.5 Å². The number of benzene rings is 1. The van der Waals surface area contributed by atoms with Crippen molar-refractivity contribution in [2.24, 2.45) is 0 Å². The normalized spacial score (nSPS) is 11.9. The van der Waals surface area contributed by atoms with E-state index in [0.29, 0.717) is 25.4 Å². The Morgan fingerprint density at radius 1 is 1.32 bits per heavy atom. The molecule has 1 aromatic carbocycles. The van der Waals surface area contributed by atoms with Crippen molar-refractivity contribution in [2.75, 3.05) is 32.5 Å². The molecular formula is C12H21N3O3S. The van der Waals surface area contributed by atoms with E-state index in [4.69, 9.17) is 10.5 Å². The number of nitrogens with one attached hydrogen (secondary N) is 1. The van der Waals surface area contributed by atoms with Gasteiger partial charge < -0.3 is 10.5 Å². The van der Waals surface area contributed by atoms with Crippen LogP contribution >= 0.6 is 0 Å². The third-order valence-electron chi connectivity index (χ3n) is 2.62. The summed E-state index contributed by atoms with van der Waals surface area (Å²) in [5.74, 6) is 0. The summed E-state index contributed by atoms with van der Waals surface area (Å²) in [6, 6.07) is 7.16. The van der Waals surface area contributed by atoms with Gasteiger partial charge in [0.05, 0.1) is 6.61 Å². The fourth-order valence-electron chi connectivity index (χ4n) is 1.56. The van der Waals surface area contributed by atoms with Gasteiger partial charge in [0.1, 0.15) is 0 Å². The van der Waals surface area contributed by atoms with Gasteiger partial charge in [-0.1, -0.05) is 19.1 Å². The zero-order chi connectivity index (χ0) is 14.3. The van der Waals surface area contributed by atoms with Crippen molar-refractivity contribution in [3.8, 4) is 0 Å². The lowest BCUT2D eigenvalue weighted by Gasteiger charge is -2.20. The first-order chi connectivity index (χ1) is 8.99. The van der Waals surface area contributed by atoms with Crippen molar-refractivity contribution in [1.29, 1.82) is 0 Å². The summed E-state index contributed by atoms with van der Waals surface area (Å²) in [6.45, 7) is 3.12. The van der Waals surface area contributed by atoms with Crippen LogP contribution in [0.5, 0.6) is 0 Å².